The normalized spacial score (nSPS) is 22.9. The zero-order valence-electron chi connectivity index (χ0n) is 13.6. The third kappa shape index (κ3) is 2.67. The summed E-state index contributed by atoms with van der Waals surface area (Å²) in [5, 5.41) is 0. The fourth-order valence-electron chi connectivity index (χ4n) is 4.02. The first-order chi connectivity index (χ1) is 11.6. The Bertz CT molecular complexity index is 822. The lowest BCUT2D eigenvalue weighted by atomic mass is 9.83. The number of piperidine rings is 1. The summed E-state index contributed by atoms with van der Waals surface area (Å²) in [7, 11) is 1.34. The molecule has 0 aromatic carbocycles. The summed E-state index contributed by atoms with van der Waals surface area (Å²) in [6, 6.07) is 9.03. The lowest BCUT2D eigenvalue weighted by Gasteiger charge is -2.42. The zero-order valence-corrected chi connectivity index (χ0v) is 13.6. The van der Waals surface area contributed by atoms with E-state index >= 15 is 0 Å². The van der Waals surface area contributed by atoms with Crippen molar-refractivity contribution >= 4 is 5.97 Å². The van der Waals surface area contributed by atoms with Crippen LogP contribution in [-0.2, 0) is 17.8 Å². The number of methoxy groups -OCH3 is 1. The highest BCUT2D eigenvalue weighted by Gasteiger charge is 2.34. The Labute approximate surface area is 139 Å². The van der Waals surface area contributed by atoms with Crippen molar-refractivity contribution in [1.29, 1.82) is 0 Å². The van der Waals surface area contributed by atoms with Crippen LogP contribution in [0.25, 0.3) is 0 Å². The number of nitrogens with zero attached hydrogens (tertiary/aromatic N) is 2. The predicted octanol–water partition coefficient (Wildman–Crippen LogP) is 1.85. The fourth-order valence-corrected chi connectivity index (χ4v) is 4.02. The first kappa shape index (κ1) is 15.2. The zero-order chi connectivity index (χ0) is 16.7. The fraction of sp³-hybridized carbons (Fsp3) is 0.444. The number of furan rings is 1. The maximum absolute atomic E-state index is 12.1. The molecule has 0 saturated carbocycles. The smallest absolute Gasteiger partial charge is 0.373 e. The summed E-state index contributed by atoms with van der Waals surface area (Å²) in [5.41, 5.74) is 1.24. The molecule has 2 atom stereocenters. The highest BCUT2D eigenvalue weighted by molar-refractivity contribution is 5.86. The minimum absolute atomic E-state index is 0.101. The molecule has 1 fully saturated rings. The minimum Gasteiger partial charge on any atom is -0.463 e. The molecule has 24 heavy (non-hydrogen) atoms. The molecule has 6 nitrogen and oxygen atoms in total. The van der Waals surface area contributed by atoms with Gasteiger partial charge in [-0.15, -0.1) is 0 Å². The number of aromatic nitrogens is 1. The van der Waals surface area contributed by atoms with Crippen molar-refractivity contribution in [3.63, 3.8) is 0 Å². The Hall–Kier alpha value is -2.34. The summed E-state index contributed by atoms with van der Waals surface area (Å²) >= 11 is 0. The molecule has 2 aromatic heterocycles. The van der Waals surface area contributed by atoms with Crippen LogP contribution in [0.15, 0.2) is 39.5 Å². The summed E-state index contributed by atoms with van der Waals surface area (Å²) in [6.45, 7) is 3.29. The van der Waals surface area contributed by atoms with Gasteiger partial charge < -0.3 is 13.7 Å². The molecular formula is C18H20N2O4. The van der Waals surface area contributed by atoms with E-state index in [9.17, 15) is 9.59 Å². The van der Waals surface area contributed by atoms with Gasteiger partial charge in [0.2, 0.25) is 5.76 Å². The number of fused-ring (bicyclic) bond motifs is 4. The second-order valence-electron chi connectivity index (χ2n) is 6.65. The minimum atomic E-state index is -0.454. The van der Waals surface area contributed by atoms with Crippen LogP contribution in [0.4, 0.5) is 0 Å². The summed E-state index contributed by atoms with van der Waals surface area (Å²) in [6.07, 6.45) is 1.13. The van der Waals surface area contributed by atoms with Gasteiger partial charge in [0.25, 0.3) is 5.56 Å². The maximum atomic E-state index is 12.1. The van der Waals surface area contributed by atoms with E-state index in [1.807, 2.05) is 16.7 Å². The van der Waals surface area contributed by atoms with Crippen LogP contribution < -0.4 is 5.56 Å². The molecule has 2 unspecified atom stereocenters. The van der Waals surface area contributed by atoms with Crippen molar-refractivity contribution < 1.29 is 13.9 Å². The van der Waals surface area contributed by atoms with Gasteiger partial charge in [-0.05, 0) is 30.5 Å². The number of rotatable bonds is 3. The average molecular weight is 328 g/mol. The van der Waals surface area contributed by atoms with Crippen LogP contribution in [-0.4, -0.2) is 35.6 Å². The average Bonchev–Trinajstić information content (AvgIpc) is 3.03. The molecule has 0 aliphatic carbocycles. The van der Waals surface area contributed by atoms with Crippen LogP contribution in [0.3, 0.4) is 0 Å². The highest BCUT2D eigenvalue weighted by atomic mass is 16.5. The Morgan fingerprint density at radius 3 is 2.96 bits per heavy atom. The van der Waals surface area contributed by atoms with Crippen molar-refractivity contribution in [3.05, 3.63) is 57.9 Å². The van der Waals surface area contributed by atoms with Crippen molar-refractivity contribution in [2.75, 3.05) is 20.2 Å². The lowest BCUT2D eigenvalue weighted by Crippen LogP contribution is -2.46. The predicted molar refractivity (Wildman–Crippen MR) is 86.9 cm³/mol. The van der Waals surface area contributed by atoms with Gasteiger partial charge >= 0.3 is 5.97 Å². The van der Waals surface area contributed by atoms with Gasteiger partial charge in [-0.3, -0.25) is 9.69 Å². The molecule has 126 valence electrons. The van der Waals surface area contributed by atoms with Crippen molar-refractivity contribution in [2.45, 2.75) is 25.4 Å². The van der Waals surface area contributed by atoms with Gasteiger partial charge in [0.15, 0.2) is 0 Å². The van der Waals surface area contributed by atoms with Gasteiger partial charge in [-0.25, -0.2) is 4.79 Å². The molecule has 2 aliphatic rings. The SMILES string of the molecule is COC(=O)c1ccc(CN2CC3CC(C2)c2cccc(=O)n2C3)o1. The van der Waals surface area contributed by atoms with E-state index < -0.39 is 5.97 Å². The molecule has 0 amide bonds. The van der Waals surface area contributed by atoms with Gasteiger partial charge in [-0.2, -0.15) is 0 Å². The van der Waals surface area contributed by atoms with Crippen LogP contribution in [0.1, 0.15) is 34.3 Å². The number of pyridine rings is 1. The number of carbonyl (C=O) groups is 1. The molecular weight excluding hydrogens is 308 g/mol. The number of likely N-dealkylation sites (tertiary alicyclic amines) is 1. The first-order valence-electron chi connectivity index (χ1n) is 8.23. The topological polar surface area (TPSA) is 64.7 Å². The Morgan fingerprint density at radius 1 is 1.25 bits per heavy atom. The van der Waals surface area contributed by atoms with Crippen LogP contribution >= 0.6 is 0 Å². The number of esters is 1. The Balaban J connectivity index is 1.51. The third-order valence-corrected chi connectivity index (χ3v) is 4.98. The monoisotopic (exact) mass is 328 g/mol. The summed E-state index contributed by atoms with van der Waals surface area (Å²) in [4.78, 5) is 25.9. The molecule has 6 heteroatoms. The highest BCUT2D eigenvalue weighted by Crippen LogP contribution is 2.35. The second kappa shape index (κ2) is 5.94. The number of carbonyl (C=O) groups excluding carboxylic acids is 1. The molecule has 4 heterocycles. The summed E-state index contributed by atoms with van der Waals surface area (Å²) in [5.74, 6) is 1.40. The van der Waals surface area contributed by atoms with Crippen LogP contribution in [0.2, 0.25) is 0 Å². The first-order valence-corrected chi connectivity index (χ1v) is 8.23. The number of ether oxygens (including phenoxy) is 1. The Kier molecular flexibility index (Phi) is 3.76. The number of hydrogen-bond donors (Lipinski definition) is 0. The van der Waals surface area contributed by atoms with Crippen molar-refractivity contribution in [1.82, 2.24) is 9.47 Å². The second-order valence-corrected chi connectivity index (χ2v) is 6.65. The van der Waals surface area contributed by atoms with E-state index in [1.165, 1.54) is 7.11 Å². The maximum Gasteiger partial charge on any atom is 0.373 e. The molecule has 2 aliphatic heterocycles. The largest absolute Gasteiger partial charge is 0.463 e. The standard InChI is InChI=1S/C18H20N2O4/c1-23-18(22)16-6-5-14(24-16)11-19-8-12-7-13(10-19)15-3-2-4-17(21)20(15)9-12/h2-6,12-13H,7-11H2,1H3. The van der Waals surface area contributed by atoms with Crippen LogP contribution in [0.5, 0.6) is 0 Å². The van der Waals surface area contributed by atoms with E-state index in [1.54, 1.807) is 12.1 Å². The van der Waals surface area contributed by atoms with Gasteiger partial charge in [0.05, 0.1) is 13.7 Å². The number of hydrogen-bond acceptors (Lipinski definition) is 5. The van der Waals surface area contributed by atoms with Crippen molar-refractivity contribution in [2.24, 2.45) is 5.92 Å². The van der Waals surface area contributed by atoms with E-state index in [-0.39, 0.29) is 11.3 Å². The van der Waals surface area contributed by atoms with Crippen LogP contribution in [0, 0.1) is 5.92 Å². The van der Waals surface area contributed by atoms with E-state index in [0.717, 1.165) is 37.5 Å². The molecule has 0 spiro atoms. The molecule has 0 N–H and O–H groups in total. The summed E-state index contributed by atoms with van der Waals surface area (Å²) < 4.78 is 12.2. The Morgan fingerprint density at radius 2 is 2.12 bits per heavy atom. The molecule has 2 bridgehead atoms. The van der Waals surface area contributed by atoms with E-state index in [2.05, 4.69) is 15.7 Å². The third-order valence-electron chi connectivity index (χ3n) is 4.98. The van der Waals surface area contributed by atoms with Gasteiger partial charge in [-0.1, -0.05) is 6.07 Å². The van der Waals surface area contributed by atoms with Gasteiger partial charge in [0.1, 0.15) is 5.76 Å². The quantitative estimate of drug-likeness (QED) is 0.805. The molecule has 1 saturated heterocycles. The molecule has 0 radical (unpaired) electrons. The van der Waals surface area contributed by atoms with Gasteiger partial charge in [0, 0.05) is 37.3 Å². The molecule has 4 rings (SSSR count). The molecule has 2 aromatic rings. The van der Waals surface area contributed by atoms with E-state index in [0.29, 0.717) is 18.4 Å². The van der Waals surface area contributed by atoms with E-state index in [4.69, 9.17) is 4.42 Å². The van der Waals surface area contributed by atoms with Crippen molar-refractivity contribution in [3.8, 4) is 0 Å². The lowest BCUT2D eigenvalue weighted by molar-refractivity contribution is 0.0557.